The van der Waals surface area contributed by atoms with Gasteiger partial charge < -0.3 is 16.0 Å². The average molecular weight is 436 g/mol. The smallest absolute Gasteiger partial charge is 0.242 e. The normalized spacial score (nSPS) is 11.6. The van der Waals surface area contributed by atoms with Gasteiger partial charge in [-0.15, -0.1) is 24.0 Å². The van der Waals surface area contributed by atoms with E-state index in [1.165, 1.54) is 0 Å². The van der Waals surface area contributed by atoms with Gasteiger partial charge in [0.1, 0.15) is 6.54 Å². The number of carbonyl (C=O) groups is 1. The monoisotopic (exact) mass is 436 g/mol. The Morgan fingerprint density at radius 1 is 1.30 bits per heavy atom. The number of hydrogen-bond acceptors (Lipinski definition) is 3. The average Bonchev–Trinajstić information content (AvgIpc) is 2.92. The van der Waals surface area contributed by atoms with Crippen molar-refractivity contribution >= 4 is 35.8 Å². The molecule has 0 unspecified atom stereocenters. The second-order valence-electron chi connectivity index (χ2n) is 6.04. The molecule has 0 atom stereocenters. The molecule has 0 aliphatic heterocycles. The molecule has 0 spiro atoms. The van der Waals surface area contributed by atoms with E-state index in [1.54, 1.807) is 6.20 Å². The Kier molecular flexibility index (Phi) is 10.6. The number of hydrogen-bond donors (Lipinski definition) is 3. The lowest BCUT2D eigenvalue weighted by atomic mass is 10.1. The molecule has 132 valence electrons. The van der Waals surface area contributed by atoms with E-state index in [0.29, 0.717) is 5.96 Å². The number of aryl methyl sites for hydroxylation is 1. The topological polar surface area (TPSA) is 83.3 Å². The van der Waals surface area contributed by atoms with E-state index in [1.807, 2.05) is 44.6 Å². The Morgan fingerprint density at radius 2 is 2.04 bits per heavy atom. The van der Waals surface area contributed by atoms with E-state index in [-0.39, 0.29) is 42.0 Å². The van der Waals surface area contributed by atoms with Gasteiger partial charge in [-0.3, -0.25) is 9.48 Å². The highest BCUT2D eigenvalue weighted by Gasteiger charge is 2.13. The molecule has 1 amide bonds. The SMILES string of the molecule is CCNC(=NCC(=O)NC(C)(C)C)NCCCn1cccn1.I. The number of guanidine groups is 1. The minimum Gasteiger partial charge on any atom is -0.357 e. The standard InChI is InChI=1S/C15H28N6O.HI/c1-5-16-14(18-12-13(22)20-15(2,3)4)17-8-6-10-21-11-7-9-19-21;/h7,9,11H,5-6,8,10,12H2,1-4H3,(H,20,22)(H2,16,17,18);1H. The van der Waals surface area contributed by atoms with Gasteiger partial charge in [-0.05, 0) is 40.2 Å². The van der Waals surface area contributed by atoms with Crippen LogP contribution in [0.1, 0.15) is 34.1 Å². The van der Waals surface area contributed by atoms with Crippen molar-refractivity contribution in [2.75, 3.05) is 19.6 Å². The van der Waals surface area contributed by atoms with Gasteiger partial charge >= 0.3 is 0 Å². The Hall–Kier alpha value is -1.32. The zero-order chi connectivity index (χ0) is 16.4. The molecule has 0 saturated carbocycles. The van der Waals surface area contributed by atoms with Gasteiger partial charge in [0.15, 0.2) is 5.96 Å². The van der Waals surface area contributed by atoms with E-state index in [2.05, 4.69) is 26.0 Å². The van der Waals surface area contributed by atoms with E-state index in [0.717, 1.165) is 26.1 Å². The molecule has 3 N–H and O–H groups in total. The first kappa shape index (κ1) is 21.7. The minimum atomic E-state index is -0.234. The molecule has 1 rings (SSSR count). The maximum atomic E-state index is 11.8. The van der Waals surface area contributed by atoms with Crippen LogP contribution in [0.15, 0.2) is 23.5 Å². The highest BCUT2D eigenvalue weighted by Crippen LogP contribution is 1.97. The van der Waals surface area contributed by atoms with Crippen LogP contribution in [0.5, 0.6) is 0 Å². The summed E-state index contributed by atoms with van der Waals surface area (Å²) in [6.45, 7) is 10.3. The Morgan fingerprint density at radius 3 is 2.61 bits per heavy atom. The number of halogens is 1. The van der Waals surface area contributed by atoms with Crippen LogP contribution in [0.2, 0.25) is 0 Å². The highest BCUT2D eigenvalue weighted by atomic mass is 127. The Balaban J connectivity index is 0.00000484. The first-order valence-electron chi connectivity index (χ1n) is 7.71. The number of nitrogens with zero attached hydrogens (tertiary/aromatic N) is 3. The van der Waals surface area contributed by atoms with Crippen LogP contribution in [0.4, 0.5) is 0 Å². The van der Waals surface area contributed by atoms with Crippen molar-refractivity contribution in [1.82, 2.24) is 25.7 Å². The number of aromatic nitrogens is 2. The summed E-state index contributed by atoms with van der Waals surface area (Å²) in [5, 5.41) is 13.4. The first-order chi connectivity index (χ1) is 10.4. The lowest BCUT2D eigenvalue weighted by Crippen LogP contribution is -2.43. The fourth-order valence-corrected chi connectivity index (χ4v) is 1.83. The lowest BCUT2D eigenvalue weighted by molar-refractivity contribution is -0.121. The summed E-state index contributed by atoms with van der Waals surface area (Å²) in [6, 6.07) is 1.91. The summed E-state index contributed by atoms with van der Waals surface area (Å²) in [5.41, 5.74) is -0.234. The molecule has 0 saturated heterocycles. The summed E-state index contributed by atoms with van der Waals surface area (Å²) >= 11 is 0. The molecule has 7 nitrogen and oxygen atoms in total. The number of carbonyl (C=O) groups excluding carboxylic acids is 1. The van der Waals surface area contributed by atoms with Crippen molar-refractivity contribution in [3.63, 3.8) is 0 Å². The van der Waals surface area contributed by atoms with Crippen molar-refractivity contribution in [2.24, 2.45) is 4.99 Å². The van der Waals surface area contributed by atoms with Crippen LogP contribution in [-0.2, 0) is 11.3 Å². The van der Waals surface area contributed by atoms with Crippen molar-refractivity contribution in [2.45, 2.75) is 46.2 Å². The third kappa shape index (κ3) is 10.9. The molecule has 0 fully saturated rings. The van der Waals surface area contributed by atoms with Crippen LogP contribution in [-0.4, -0.2) is 46.8 Å². The van der Waals surface area contributed by atoms with Gasteiger partial charge in [-0.1, -0.05) is 0 Å². The number of rotatable bonds is 7. The van der Waals surface area contributed by atoms with Crippen LogP contribution < -0.4 is 16.0 Å². The van der Waals surface area contributed by atoms with E-state index < -0.39 is 0 Å². The summed E-state index contributed by atoms with van der Waals surface area (Å²) < 4.78 is 1.89. The molecule has 23 heavy (non-hydrogen) atoms. The summed E-state index contributed by atoms with van der Waals surface area (Å²) in [7, 11) is 0. The van der Waals surface area contributed by atoms with Crippen LogP contribution in [0.25, 0.3) is 0 Å². The lowest BCUT2D eigenvalue weighted by Gasteiger charge is -2.20. The van der Waals surface area contributed by atoms with Crippen molar-refractivity contribution < 1.29 is 4.79 Å². The second-order valence-corrected chi connectivity index (χ2v) is 6.04. The molecule has 8 heteroatoms. The molecule has 0 aliphatic carbocycles. The van der Waals surface area contributed by atoms with E-state index in [4.69, 9.17) is 0 Å². The first-order valence-corrected chi connectivity index (χ1v) is 7.71. The third-order valence-corrected chi connectivity index (χ3v) is 2.66. The molecular weight excluding hydrogens is 407 g/mol. The maximum Gasteiger partial charge on any atom is 0.242 e. The zero-order valence-corrected chi connectivity index (χ0v) is 16.8. The quantitative estimate of drug-likeness (QED) is 0.261. The number of aliphatic imine (C=N–C) groups is 1. The van der Waals surface area contributed by atoms with Crippen molar-refractivity contribution in [3.05, 3.63) is 18.5 Å². The van der Waals surface area contributed by atoms with E-state index >= 15 is 0 Å². The predicted molar refractivity (Wildman–Crippen MR) is 104 cm³/mol. The van der Waals surface area contributed by atoms with Crippen LogP contribution in [0.3, 0.4) is 0 Å². The number of nitrogens with one attached hydrogen (secondary N) is 3. The van der Waals surface area contributed by atoms with Gasteiger partial charge in [-0.2, -0.15) is 5.10 Å². The maximum absolute atomic E-state index is 11.8. The van der Waals surface area contributed by atoms with Crippen LogP contribution >= 0.6 is 24.0 Å². The summed E-state index contributed by atoms with van der Waals surface area (Å²) in [5.74, 6) is 0.577. The van der Waals surface area contributed by atoms with Gasteiger partial charge in [0.05, 0.1) is 0 Å². The summed E-state index contributed by atoms with van der Waals surface area (Å²) in [6.07, 6.45) is 4.64. The van der Waals surface area contributed by atoms with Gasteiger partial charge in [-0.25, -0.2) is 4.99 Å². The fraction of sp³-hybridized carbons (Fsp3) is 0.667. The molecule has 0 aromatic carbocycles. The zero-order valence-electron chi connectivity index (χ0n) is 14.4. The summed E-state index contributed by atoms with van der Waals surface area (Å²) in [4.78, 5) is 16.1. The molecule has 1 heterocycles. The molecular formula is C15H29IN6O. The van der Waals surface area contributed by atoms with Crippen molar-refractivity contribution in [1.29, 1.82) is 0 Å². The van der Waals surface area contributed by atoms with Gasteiger partial charge in [0, 0.05) is 37.6 Å². The van der Waals surface area contributed by atoms with Crippen molar-refractivity contribution in [3.8, 4) is 0 Å². The predicted octanol–water partition coefficient (Wildman–Crippen LogP) is 1.36. The molecule has 1 aromatic rings. The molecule has 0 bridgehead atoms. The number of amides is 1. The third-order valence-electron chi connectivity index (χ3n) is 2.66. The second kappa shape index (κ2) is 11.3. The fourth-order valence-electron chi connectivity index (χ4n) is 1.83. The van der Waals surface area contributed by atoms with Gasteiger partial charge in [0.25, 0.3) is 0 Å². The molecule has 0 radical (unpaired) electrons. The molecule has 1 aromatic heterocycles. The highest BCUT2D eigenvalue weighted by molar-refractivity contribution is 14.0. The van der Waals surface area contributed by atoms with E-state index in [9.17, 15) is 4.79 Å². The largest absolute Gasteiger partial charge is 0.357 e. The molecule has 0 aliphatic rings. The Bertz CT molecular complexity index is 467. The van der Waals surface area contributed by atoms with Crippen LogP contribution in [0, 0.1) is 0 Å². The Labute approximate surface area is 155 Å². The minimum absolute atomic E-state index is 0. The van der Waals surface area contributed by atoms with Gasteiger partial charge in [0.2, 0.25) is 5.91 Å².